The number of nitrogens with one attached hydrogen (secondary N) is 1. The van der Waals surface area contributed by atoms with E-state index in [9.17, 15) is 9.59 Å². The van der Waals surface area contributed by atoms with Crippen LogP contribution in [-0.4, -0.2) is 46.2 Å². The average molecular weight is 497 g/mol. The van der Waals surface area contributed by atoms with Crippen LogP contribution in [0.15, 0.2) is 91.0 Å². The molecule has 7 nitrogen and oxygen atoms in total. The summed E-state index contributed by atoms with van der Waals surface area (Å²) in [6.07, 6.45) is 1.70. The molecule has 0 aliphatic rings. The number of carbonyl (C=O) groups is 2. The first-order valence-corrected chi connectivity index (χ1v) is 12.5. The zero-order valence-corrected chi connectivity index (χ0v) is 21.3. The molecule has 0 bridgehead atoms. The number of anilines is 1. The van der Waals surface area contributed by atoms with Crippen LogP contribution in [0.3, 0.4) is 0 Å². The normalized spacial score (nSPS) is 10.6. The number of hydrogen-bond donors (Lipinski definition) is 1. The molecule has 1 N–H and O–H groups in total. The van der Waals surface area contributed by atoms with Gasteiger partial charge in [0.2, 0.25) is 5.91 Å². The van der Waals surface area contributed by atoms with Gasteiger partial charge in [-0.1, -0.05) is 79.6 Å². The van der Waals surface area contributed by atoms with Crippen LogP contribution < -0.4 is 10.1 Å². The Morgan fingerprint density at radius 3 is 2.30 bits per heavy atom. The smallest absolute Gasteiger partial charge is 0.260 e. The summed E-state index contributed by atoms with van der Waals surface area (Å²) < 4.78 is 7.35. The molecule has 1 heterocycles. The molecular weight excluding hydrogens is 464 g/mol. The van der Waals surface area contributed by atoms with Crippen molar-refractivity contribution >= 4 is 17.6 Å². The molecule has 4 rings (SSSR count). The van der Waals surface area contributed by atoms with Crippen LogP contribution in [0.2, 0.25) is 0 Å². The van der Waals surface area contributed by atoms with E-state index in [1.165, 1.54) is 0 Å². The zero-order valence-electron chi connectivity index (χ0n) is 21.3. The Labute approximate surface area is 217 Å². The molecule has 2 amide bonds. The molecule has 1 aromatic heterocycles. The standard InChI is InChI=1S/C30H32N4O3/c1-3-4-19-33(30(36)22-37-26-13-9-6-10-14-26)21-29(35)31-28-20-27(24-11-7-5-8-12-24)32-34(28)25-17-15-23(2)16-18-25/h5-18,20H,3-4,19,21-22H2,1-2H3,(H,31,35). The van der Waals surface area contributed by atoms with Gasteiger partial charge in [0.25, 0.3) is 5.91 Å². The van der Waals surface area contributed by atoms with Crippen molar-refractivity contribution in [2.75, 3.05) is 25.0 Å². The molecule has 7 heteroatoms. The van der Waals surface area contributed by atoms with Gasteiger partial charge < -0.3 is 15.0 Å². The Morgan fingerprint density at radius 2 is 1.62 bits per heavy atom. The molecule has 37 heavy (non-hydrogen) atoms. The van der Waals surface area contributed by atoms with Gasteiger partial charge in [-0.15, -0.1) is 0 Å². The Hall–Kier alpha value is -4.39. The van der Waals surface area contributed by atoms with Crippen LogP contribution in [0.4, 0.5) is 5.82 Å². The van der Waals surface area contributed by atoms with Crippen LogP contribution in [0.1, 0.15) is 25.3 Å². The van der Waals surface area contributed by atoms with Gasteiger partial charge in [-0.3, -0.25) is 9.59 Å². The van der Waals surface area contributed by atoms with Gasteiger partial charge in [0.15, 0.2) is 6.61 Å². The summed E-state index contributed by atoms with van der Waals surface area (Å²) in [5.41, 5.74) is 3.65. The number of nitrogens with zero attached hydrogens (tertiary/aromatic N) is 3. The number of amides is 2. The summed E-state index contributed by atoms with van der Waals surface area (Å²) in [6.45, 7) is 4.35. The van der Waals surface area contributed by atoms with Crippen molar-refractivity contribution in [3.05, 3.63) is 96.6 Å². The number of ether oxygens (including phenoxy) is 1. The second-order valence-corrected chi connectivity index (χ2v) is 8.85. The van der Waals surface area contributed by atoms with E-state index in [-0.39, 0.29) is 25.0 Å². The Balaban J connectivity index is 1.51. The lowest BCUT2D eigenvalue weighted by atomic mass is 10.1. The first-order chi connectivity index (χ1) is 18.0. The monoisotopic (exact) mass is 496 g/mol. The fourth-order valence-electron chi connectivity index (χ4n) is 3.85. The van der Waals surface area contributed by atoms with Crippen molar-refractivity contribution < 1.29 is 14.3 Å². The highest BCUT2D eigenvalue weighted by atomic mass is 16.5. The predicted octanol–water partition coefficient (Wildman–Crippen LogP) is 5.49. The van der Waals surface area contributed by atoms with Gasteiger partial charge in [-0.2, -0.15) is 5.10 Å². The summed E-state index contributed by atoms with van der Waals surface area (Å²) in [5.74, 6) is 0.629. The summed E-state index contributed by atoms with van der Waals surface area (Å²) in [4.78, 5) is 27.6. The zero-order chi connectivity index (χ0) is 26.0. The molecule has 0 fully saturated rings. The first kappa shape index (κ1) is 25.7. The molecule has 0 aliphatic carbocycles. The fourth-order valence-corrected chi connectivity index (χ4v) is 3.85. The van der Waals surface area contributed by atoms with E-state index in [1.54, 1.807) is 21.7 Å². The van der Waals surface area contributed by atoms with Crippen molar-refractivity contribution in [1.82, 2.24) is 14.7 Å². The number of para-hydroxylation sites is 1. The SMILES string of the molecule is CCCCN(CC(=O)Nc1cc(-c2ccccc2)nn1-c1ccc(C)cc1)C(=O)COc1ccccc1. The van der Waals surface area contributed by atoms with Gasteiger partial charge in [-0.05, 0) is 37.6 Å². The fraction of sp³-hybridized carbons (Fsp3) is 0.233. The highest BCUT2D eigenvalue weighted by Gasteiger charge is 2.20. The van der Waals surface area contributed by atoms with Crippen molar-refractivity contribution in [3.63, 3.8) is 0 Å². The van der Waals surface area contributed by atoms with Crippen molar-refractivity contribution in [3.8, 4) is 22.7 Å². The van der Waals surface area contributed by atoms with Crippen LogP contribution in [-0.2, 0) is 9.59 Å². The van der Waals surface area contributed by atoms with Crippen LogP contribution >= 0.6 is 0 Å². The number of rotatable bonds is 11. The third kappa shape index (κ3) is 7.07. The minimum atomic E-state index is -0.294. The Morgan fingerprint density at radius 1 is 0.946 bits per heavy atom. The molecule has 0 unspecified atom stereocenters. The highest BCUT2D eigenvalue weighted by molar-refractivity contribution is 5.94. The highest BCUT2D eigenvalue weighted by Crippen LogP contribution is 2.25. The lowest BCUT2D eigenvalue weighted by Gasteiger charge is -2.22. The van der Waals surface area contributed by atoms with E-state index < -0.39 is 0 Å². The minimum Gasteiger partial charge on any atom is -0.484 e. The molecule has 190 valence electrons. The van der Waals surface area contributed by atoms with E-state index in [2.05, 4.69) is 12.2 Å². The van der Waals surface area contributed by atoms with Crippen molar-refractivity contribution in [1.29, 1.82) is 0 Å². The Bertz CT molecular complexity index is 1300. The lowest BCUT2D eigenvalue weighted by Crippen LogP contribution is -2.41. The maximum atomic E-state index is 13.2. The number of carbonyl (C=O) groups excluding carboxylic acids is 2. The molecule has 0 saturated carbocycles. The minimum absolute atomic E-state index is 0.0727. The third-order valence-corrected chi connectivity index (χ3v) is 5.90. The second-order valence-electron chi connectivity index (χ2n) is 8.85. The second kappa shape index (κ2) is 12.5. The lowest BCUT2D eigenvalue weighted by molar-refractivity contribution is -0.136. The molecule has 0 spiro atoms. The first-order valence-electron chi connectivity index (χ1n) is 12.5. The largest absolute Gasteiger partial charge is 0.484 e. The van der Waals surface area contributed by atoms with Gasteiger partial charge in [-0.25, -0.2) is 4.68 Å². The molecule has 0 atom stereocenters. The van der Waals surface area contributed by atoms with Crippen molar-refractivity contribution in [2.45, 2.75) is 26.7 Å². The van der Waals surface area contributed by atoms with Crippen molar-refractivity contribution in [2.24, 2.45) is 0 Å². The van der Waals surface area contributed by atoms with E-state index in [1.807, 2.05) is 85.8 Å². The third-order valence-electron chi connectivity index (χ3n) is 5.90. The topological polar surface area (TPSA) is 76.5 Å². The molecular formula is C30H32N4O3. The molecule has 0 radical (unpaired) electrons. The quantitative estimate of drug-likeness (QED) is 0.298. The number of aryl methyl sites for hydroxylation is 1. The van der Waals surface area contributed by atoms with Crippen LogP contribution in [0.5, 0.6) is 5.75 Å². The van der Waals surface area contributed by atoms with E-state index >= 15 is 0 Å². The Kier molecular flexibility index (Phi) is 8.70. The van der Waals surface area contributed by atoms with E-state index in [0.29, 0.717) is 18.1 Å². The average Bonchev–Trinajstić information content (AvgIpc) is 3.34. The van der Waals surface area contributed by atoms with Gasteiger partial charge in [0.05, 0.1) is 11.4 Å². The number of hydrogen-bond acceptors (Lipinski definition) is 4. The number of unbranched alkanes of at least 4 members (excludes halogenated alkanes) is 1. The number of aromatic nitrogens is 2. The predicted molar refractivity (Wildman–Crippen MR) is 146 cm³/mol. The molecule has 0 aliphatic heterocycles. The summed E-state index contributed by atoms with van der Waals surface area (Å²) >= 11 is 0. The molecule has 0 saturated heterocycles. The van der Waals surface area contributed by atoms with Crippen LogP contribution in [0, 0.1) is 6.92 Å². The van der Waals surface area contributed by atoms with E-state index in [4.69, 9.17) is 9.84 Å². The van der Waals surface area contributed by atoms with Gasteiger partial charge in [0.1, 0.15) is 18.1 Å². The summed E-state index contributed by atoms with van der Waals surface area (Å²) in [6, 6.07) is 28.8. The van der Waals surface area contributed by atoms with Gasteiger partial charge >= 0.3 is 0 Å². The maximum absolute atomic E-state index is 13.2. The van der Waals surface area contributed by atoms with Crippen LogP contribution in [0.25, 0.3) is 16.9 Å². The van der Waals surface area contributed by atoms with E-state index in [0.717, 1.165) is 35.3 Å². The molecule has 4 aromatic rings. The maximum Gasteiger partial charge on any atom is 0.260 e. The van der Waals surface area contributed by atoms with Gasteiger partial charge in [0, 0.05) is 18.2 Å². The summed E-state index contributed by atoms with van der Waals surface area (Å²) in [7, 11) is 0. The summed E-state index contributed by atoms with van der Waals surface area (Å²) in [5, 5.41) is 7.74. The molecule has 3 aromatic carbocycles. The number of benzene rings is 3.